The fourth-order valence-corrected chi connectivity index (χ4v) is 2.94. The second-order valence-electron chi connectivity index (χ2n) is 4.81. The van der Waals surface area contributed by atoms with Crippen LogP contribution in [0.5, 0.6) is 0 Å². The summed E-state index contributed by atoms with van der Waals surface area (Å²) in [6.45, 7) is 4.15. The summed E-state index contributed by atoms with van der Waals surface area (Å²) in [6.07, 6.45) is 6.59. The Morgan fingerprint density at radius 2 is 2.33 bits per heavy atom. The Kier molecular flexibility index (Phi) is 3.65. The van der Waals surface area contributed by atoms with E-state index < -0.39 is 0 Å². The Balaban J connectivity index is 2.07. The molecule has 3 atom stereocenters. The number of hydrogen-bond acceptors (Lipinski definition) is 3. The third-order valence-electron chi connectivity index (χ3n) is 3.84. The molecule has 3 heteroatoms. The van der Waals surface area contributed by atoms with Crippen molar-refractivity contribution in [3.63, 3.8) is 0 Å². The molecular weight excluding hydrogens is 190 g/mol. The zero-order valence-corrected chi connectivity index (χ0v) is 9.92. The summed E-state index contributed by atoms with van der Waals surface area (Å²) >= 11 is 0. The van der Waals surface area contributed by atoms with Crippen molar-refractivity contribution in [2.75, 3.05) is 20.2 Å². The van der Waals surface area contributed by atoms with Crippen molar-refractivity contribution in [1.82, 2.24) is 5.32 Å². The van der Waals surface area contributed by atoms with Crippen molar-refractivity contribution in [3.8, 4) is 0 Å². The van der Waals surface area contributed by atoms with Crippen LogP contribution < -0.4 is 5.32 Å². The van der Waals surface area contributed by atoms with E-state index in [9.17, 15) is 0 Å². The highest BCUT2D eigenvalue weighted by Crippen LogP contribution is 2.36. The Hall–Kier alpha value is -0.120. The van der Waals surface area contributed by atoms with E-state index in [-0.39, 0.29) is 11.7 Å². The van der Waals surface area contributed by atoms with Crippen molar-refractivity contribution in [2.24, 2.45) is 0 Å². The third kappa shape index (κ3) is 2.19. The number of hydrogen-bond donors (Lipinski definition) is 1. The predicted octanol–water partition coefficient (Wildman–Crippen LogP) is 1.71. The standard InChI is InChI=1S/C12H23NO2/c1-3-10-8-13-9-12(15-10)7-5-4-6-11(12)14-2/h10-11,13H,3-9H2,1-2H3. The van der Waals surface area contributed by atoms with Gasteiger partial charge in [-0.05, 0) is 19.3 Å². The average Bonchev–Trinajstić information content (AvgIpc) is 2.30. The average molecular weight is 213 g/mol. The van der Waals surface area contributed by atoms with Gasteiger partial charge in [-0.1, -0.05) is 19.8 Å². The highest BCUT2D eigenvalue weighted by molar-refractivity contribution is 4.98. The number of rotatable bonds is 2. The SMILES string of the molecule is CCC1CNCC2(CCCCC2OC)O1. The summed E-state index contributed by atoms with van der Waals surface area (Å²) in [5.74, 6) is 0. The summed E-state index contributed by atoms with van der Waals surface area (Å²) in [7, 11) is 1.82. The molecule has 0 aromatic carbocycles. The second kappa shape index (κ2) is 4.81. The first-order valence-corrected chi connectivity index (χ1v) is 6.22. The maximum atomic E-state index is 6.28. The van der Waals surface area contributed by atoms with Gasteiger partial charge in [-0.3, -0.25) is 0 Å². The van der Waals surface area contributed by atoms with Crippen LogP contribution in [0.15, 0.2) is 0 Å². The van der Waals surface area contributed by atoms with E-state index in [0.717, 1.165) is 32.4 Å². The van der Waals surface area contributed by atoms with Crippen molar-refractivity contribution >= 4 is 0 Å². The molecule has 2 aliphatic rings. The minimum atomic E-state index is -0.0358. The molecule has 3 nitrogen and oxygen atoms in total. The van der Waals surface area contributed by atoms with Crippen LogP contribution in [-0.2, 0) is 9.47 Å². The topological polar surface area (TPSA) is 30.5 Å². The quantitative estimate of drug-likeness (QED) is 0.757. The first kappa shape index (κ1) is 11.4. The predicted molar refractivity (Wildman–Crippen MR) is 60.0 cm³/mol. The van der Waals surface area contributed by atoms with Gasteiger partial charge >= 0.3 is 0 Å². The summed E-state index contributed by atoms with van der Waals surface area (Å²) in [5.41, 5.74) is -0.0358. The Labute approximate surface area is 92.5 Å². The van der Waals surface area contributed by atoms with Gasteiger partial charge in [-0.25, -0.2) is 0 Å². The van der Waals surface area contributed by atoms with E-state index in [1.54, 1.807) is 0 Å². The van der Waals surface area contributed by atoms with Gasteiger partial charge in [-0.2, -0.15) is 0 Å². The second-order valence-corrected chi connectivity index (χ2v) is 4.81. The summed E-state index contributed by atoms with van der Waals surface area (Å²) < 4.78 is 11.9. The van der Waals surface area contributed by atoms with Gasteiger partial charge < -0.3 is 14.8 Å². The van der Waals surface area contributed by atoms with Crippen LogP contribution in [0.2, 0.25) is 0 Å². The fourth-order valence-electron chi connectivity index (χ4n) is 2.94. The van der Waals surface area contributed by atoms with Crippen LogP contribution in [-0.4, -0.2) is 38.0 Å². The van der Waals surface area contributed by atoms with Crippen molar-refractivity contribution < 1.29 is 9.47 Å². The lowest BCUT2D eigenvalue weighted by atomic mass is 9.80. The normalized spacial score (nSPS) is 42.0. The van der Waals surface area contributed by atoms with Gasteiger partial charge in [0.1, 0.15) is 5.60 Å². The van der Waals surface area contributed by atoms with Crippen molar-refractivity contribution in [1.29, 1.82) is 0 Å². The molecule has 2 fully saturated rings. The third-order valence-corrected chi connectivity index (χ3v) is 3.84. The minimum Gasteiger partial charge on any atom is -0.378 e. The van der Waals surface area contributed by atoms with Gasteiger partial charge in [-0.15, -0.1) is 0 Å². The molecule has 0 bridgehead atoms. The fraction of sp³-hybridized carbons (Fsp3) is 1.00. The molecular formula is C12H23NO2. The lowest BCUT2D eigenvalue weighted by Crippen LogP contribution is -2.61. The number of methoxy groups -OCH3 is 1. The lowest BCUT2D eigenvalue weighted by Gasteiger charge is -2.48. The first-order chi connectivity index (χ1) is 7.30. The molecule has 15 heavy (non-hydrogen) atoms. The maximum Gasteiger partial charge on any atom is 0.107 e. The molecule has 1 spiro atoms. The highest BCUT2D eigenvalue weighted by atomic mass is 16.6. The van der Waals surface area contributed by atoms with Crippen molar-refractivity contribution in [3.05, 3.63) is 0 Å². The molecule has 3 unspecified atom stereocenters. The van der Waals surface area contributed by atoms with E-state index in [1.807, 2.05) is 7.11 Å². The first-order valence-electron chi connectivity index (χ1n) is 6.22. The van der Waals surface area contributed by atoms with Crippen LogP contribution in [0.1, 0.15) is 39.0 Å². The molecule has 0 aromatic rings. The van der Waals surface area contributed by atoms with E-state index in [0.29, 0.717) is 6.10 Å². The molecule has 1 N–H and O–H groups in total. The largest absolute Gasteiger partial charge is 0.378 e. The number of morpholine rings is 1. The summed E-state index contributed by atoms with van der Waals surface area (Å²) in [5, 5.41) is 3.51. The van der Waals surface area contributed by atoms with E-state index in [1.165, 1.54) is 12.8 Å². The molecule has 1 saturated heterocycles. The molecule has 1 heterocycles. The summed E-state index contributed by atoms with van der Waals surface area (Å²) in [6, 6.07) is 0. The van der Waals surface area contributed by atoms with E-state index in [2.05, 4.69) is 12.2 Å². The highest BCUT2D eigenvalue weighted by Gasteiger charge is 2.45. The number of nitrogens with one attached hydrogen (secondary N) is 1. The Morgan fingerprint density at radius 3 is 3.07 bits per heavy atom. The number of ether oxygens (including phenoxy) is 2. The van der Waals surface area contributed by atoms with Crippen LogP contribution >= 0.6 is 0 Å². The molecule has 0 radical (unpaired) electrons. The van der Waals surface area contributed by atoms with Gasteiger partial charge in [0.2, 0.25) is 0 Å². The van der Waals surface area contributed by atoms with E-state index in [4.69, 9.17) is 9.47 Å². The van der Waals surface area contributed by atoms with Gasteiger partial charge in [0.15, 0.2) is 0 Å². The monoisotopic (exact) mass is 213 g/mol. The van der Waals surface area contributed by atoms with Crippen LogP contribution in [0.25, 0.3) is 0 Å². The van der Waals surface area contributed by atoms with Crippen LogP contribution in [0, 0.1) is 0 Å². The molecule has 1 aliphatic heterocycles. The van der Waals surface area contributed by atoms with E-state index >= 15 is 0 Å². The molecule has 1 aliphatic carbocycles. The lowest BCUT2D eigenvalue weighted by molar-refractivity contribution is -0.195. The zero-order valence-electron chi connectivity index (χ0n) is 9.92. The molecule has 1 saturated carbocycles. The van der Waals surface area contributed by atoms with Gasteiger partial charge in [0.25, 0.3) is 0 Å². The zero-order chi connectivity index (χ0) is 10.7. The molecule has 2 rings (SSSR count). The molecule has 0 amide bonds. The maximum absolute atomic E-state index is 6.28. The van der Waals surface area contributed by atoms with Crippen molar-refractivity contribution in [2.45, 2.75) is 56.8 Å². The summed E-state index contributed by atoms with van der Waals surface area (Å²) in [4.78, 5) is 0. The Morgan fingerprint density at radius 1 is 1.47 bits per heavy atom. The minimum absolute atomic E-state index is 0.0358. The smallest absolute Gasteiger partial charge is 0.107 e. The van der Waals surface area contributed by atoms with Crippen LogP contribution in [0.4, 0.5) is 0 Å². The Bertz CT molecular complexity index is 206. The molecule has 88 valence electrons. The molecule has 0 aromatic heterocycles. The van der Waals surface area contributed by atoms with Gasteiger partial charge in [0.05, 0.1) is 12.2 Å². The van der Waals surface area contributed by atoms with Gasteiger partial charge in [0, 0.05) is 20.2 Å². The van der Waals surface area contributed by atoms with Crippen LogP contribution in [0.3, 0.4) is 0 Å².